The van der Waals surface area contributed by atoms with E-state index in [1.807, 2.05) is 0 Å². The van der Waals surface area contributed by atoms with Gasteiger partial charge in [0.1, 0.15) is 0 Å². The van der Waals surface area contributed by atoms with E-state index in [1.54, 1.807) is 6.92 Å². The molecule has 0 heterocycles. The standard InChI is InChI=1S/C8H19N3O3S/c1-7(3-4-9)8(12)10-5-6-11-15(2,13)14/h7,11H,3-6,9H2,1-2H3,(H,10,12). The maximum absolute atomic E-state index is 11.3. The van der Waals surface area contributed by atoms with Gasteiger partial charge in [-0.2, -0.15) is 0 Å². The van der Waals surface area contributed by atoms with Gasteiger partial charge in [0.15, 0.2) is 0 Å². The second-order valence-corrected chi connectivity index (χ2v) is 5.27. The molecule has 0 radical (unpaired) electrons. The lowest BCUT2D eigenvalue weighted by Crippen LogP contribution is -2.37. The first-order valence-electron chi connectivity index (χ1n) is 4.79. The zero-order valence-corrected chi connectivity index (χ0v) is 9.93. The molecule has 90 valence electrons. The highest BCUT2D eigenvalue weighted by Gasteiger charge is 2.10. The molecule has 0 aromatic carbocycles. The van der Waals surface area contributed by atoms with Gasteiger partial charge >= 0.3 is 0 Å². The summed E-state index contributed by atoms with van der Waals surface area (Å²) < 4.78 is 23.6. The molecule has 0 saturated carbocycles. The number of hydrogen-bond donors (Lipinski definition) is 3. The Morgan fingerprint density at radius 1 is 1.40 bits per heavy atom. The summed E-state index contributed by atoms with van der Waals surface area (Å²) in [5.41, 5.74) is 5.31. The summed E-state index contributed by atoms with van der Waals surface area (Å²) >= 11 is 0. The van der Waals surface area contributed by atoms with Crippen LogP contribution in [0.1, 0.15) is 13.3 Å². The molecule has 0 aromatic rings. The van der Waals surface area contributed by atoms with Crippen molar-refractivity contribution in [2.75, 3.05) is 25.9 Å². The average Bonchev–Trinajstić information content (AvgIpc) is 2.11. The Morgan fingerprint density at radius 3 is 2.47 bits per heavy atom. The number of nitrogens with two attached hydrogens (primary N) is 1. The summed E-state index contributed by atoms with van der Waals surface area (Å²) in [5, 5.41) is 2.62. The first-order chi connectivity index (χ1) is 6.87. The molecule has 4 N–H and O–H groups in total. The minimum absolute atomic E-state index is 0.101. The van der Waals surface area contributed by atoms with E-state index < -0.39 is 10.0 Å². The lowest BCUT2D eigenvalue weighted by molar-refractivity contribution is -0.124. The van der Waals surface area contributed by atoms with Crippen LogP contribution in [0.2, 0.25) is 0 Å². The first kappa shape index (κ1) is 14.3. The molecule has 0 bridgehead atoms. The van der Waals surface area contributed by atoms with Crippen LogP contribution >= 0.6 is 0 Å². The molecule has 0 saturated heterocycles. The molecule has 0 rings (SSSR count). The lowest BCUT2D eigenvalue weighted by atomic mass is 10.1. The molecule has 1 unspecified atom stereocenters. The van der Waals surface area contributed by atoms with Crippen LogP contribution in [0, 0.1) is 5.92 Å². The fraction of sp³-hybridized carbons (Fsp3) is 0.875. The number of rotatable bonds is 7. The van der Waals surface area contributed by atoms with Gasteiger partial charge in [-0.1, -0.05) is 6.92 Å². The fourth-order valence-electron chi connectivity index (χ4n) is 0.977. The highest BCUT2D eigenvalue weighted by atomic mass is 32.2. The minimum atomic E-state index is -3.17. The SMILES string of the molecule is CC(CCN)C(=O)NCCNS(C)(=O)=O. The van der Waals surface area contributed by atoms with Gasteiger partial charge in [0.2, 0.25) is 15.9 Å². The molecule has 0 fully saturated rings. The third-order valence-electron chi connectivity index (χ3n) is 1.84. The number of amides is 1. The Morgan fingerprint density at radius 2 is 2.00 bits per heavy atom. The first-order valence-corrected chi connectivity index (χ1v) is 6.68. The molecule has 6 nitrogen and oxygen atoms in total. The molecule has 0 aliphatic heterocycles. The van der Waals surface area contributed by atoms with Gasteiger partial charge in [-0.15, -0.1) is 0 Å². The predicted octanol–water partition coefficient (Wildman–Crippen LogP) is -1.36. The summed E-state index contributed by atoms with van der Waals surface area (Å²) in [5.74, 6) is -0.232. The Kier molecular flexibility index (Phi) is 6.46. The molecule has 0 spiro atoms. The van der Waals surface area contributed by atoms with E-state index in [0.29, 0.717) is 19.5 Å². The van der Waals surface area contributed by atoms with E-state index >= 15 is 0 Å². The Bertz CT molecular complexity index is 290. The molecule has 15 heavy (non-hydrogen) atoms. The van der Waals surface area contributed by atoms with Gasteiger partial charge in [-0.05, 0) is 13.0 Å². The minimum Gasteiger partial charge on any atom is -0.355 e. The zero-order chi connectivity index (χ0) is 11.9. The molecule has 1 atom stereocenters. The predicted molar refractivity (Wildman–Crippen MR) is 58.7 cm³/mol. The van der Waals surface area contributed by atoms with Gasteiger partial charge < -0.3 is 11.1 Å². The number of sulfonamides is 1. The monoisotopic (exact) mass is 237 g/mol. The van der Waals surface area contributed by atoms with Gasteiger partial charge in [0, 0.05) is 19.0 Å². The van der Waals surface area contributed by atoms with E-state index in [2.05, 4.69) is 10.0 Å². The van der Waals surface area contributed by atoms with Crippen LogP contribution < -0.4 is 15.8 Å². The molecule has 0 aromatic heterocycles. The van der Waals surface area contributed by atoms with E-state index in [-0.39, 0.29) is 18.4 Å². The summed E-state index contributed by atoms with van der Waals surface area (Å²) in [6.45, 7) is 2.75. The average molecular weight is 237 g/mol. The molecular formula is C8H19N3O3S. The second kappa shape index (κ2) is 6.76. The largest absolute Gasteiger partial charge is 0.355 e. The topological polar surface area (TPSA) is 101 Å². The van der Waals surface area contributed by atoms with Crippen molar-refractivity contribution in [3.8, 4) is 0 Å². The zero-order valence-electron chi connectivity index (χ0n) is 9.12. The van der Waals surface area contributed by atoms with Crippen molar-refractivity contribution >= 4 is 15.9 Å². The quantitative estimate of drug-likeness (QED) is 0.476. The van der Waals surface area contributed by atoms with Crippen LogP contribution in [0.5, 0.6) is 0 Å². The summed E-state index contributed by atoms with van der Waals surface area (Å²) in [6, 6.07) is 0. The van der Waals surface area contributed by atoms with Crippen LogP contribution in [-0.4, -0.2) is 40.2 Å². The van der Waals surface area contributed by atoms with Crippen LogP contribution in [0.15, 0.2) is 0 Å². The number of carbonyl (C=O) groups excluding carboxylic acids is 1. The van der Waals surface area contributed by atoms with Crippen molar-refractivity contribution in [2.45, 2.75) is 13.3 Å². The molecular weight excluding hydrogens is 218 g/mol. The van der Waals surface area contributed by atoms with Crippen molar-refractivity contribution in [1.29, 1.82) is 0 Å². The van der Waals surface area contributed by atoms with E-state index in [4.69, 9.17) is 5.73 Å². The third kappa shape index (κ3) is 8.34. The number of carbonyl (C=O) groups is 1. The van der Waals surface area contributed by atoms with Crippen molar-refractivity contribution < 1.29 is 13.2 Å². The Labute approximate surface area is 90.7 Å². The Hall–Kier alpha value is -0.660. The number of nitrogens with one attached hydrogen (secondary N) is 2. The van der Waals surface area contributed by atoms with E-state index in [1.165, 1.54) is 0 Å². The maximum atomic E-state index is 11.3. The summed E-state index contributed by atoms with van der Waals surface area (Å²) in [7, 11) is -3.17. The van der Waals surface area contributed by atoms with Crippen molar-refractivity contribution in [1.82, 2.24) is 10.0 Å². The van der Waals surface area contributed by atoms with Crippen molar-refractivity contribution in [3.63, 3.8) is 0 Å². The lowest BCUT2D eigenvalue weighted by Gasteiger charge is -2.10. The van der Waals surface area contributed by atoms with Crippen LogP contribution in [0.3, 0.4) is 0 Å². The van der Waals surface area contributed by atoms with Gasteiger partial charge in [-0.25, -0.2) is 13.1 Å². The molecule has 0 aliphatic rings. The fourth-order valence-corrected chi connectivity index (χ4v) is 1.45. The van der Waals surface area contributed by atoms with Crippen LogP contribution in [0.25, 0.3) is 0 Å². The second-order valence-electron chi connectivity index (χ2n) is 3.44. The molecule has 0 aliphatic carbocycles. The highest BCUT2D eigenvalue weighted by molar-refractivity contribution is 7.88. The van der Waals surface area contributed by atoms with Crippen molar-refractivity contribution in [2.24, 2.45) is 11.7 Å². The third-order valence-corrected chi connectivity index (χ3v) is 2.56. The van der Waals surface area contributed by atoms with Crippen molar-refractivity contribution in [3.05, 3.63) is 0 Å². The normalized spacial score (nSPS) is 13.5. The van der Waals surface area contributed by atoms with E-state index in [0.717, 1.165) is 6.26 Å². The maximum Gasteiger partial charge on any atom is 0.222 e. The van der Waals surface area contributed by atoms with Gasteiger partial charge in [0.25, 0.3) is 0 Å². The van der Waals surface area contributed by atoms with Crippen LogP contribution in [-0.2, 0) is 14.8 Å². The smallest absolute Gasteiger partial charge is 0.222 e. The van der Waals surface area contributed by atoms with E-state index in [9.17, 15) is 13.2 Å². The molecule has 1 amide bonds. The van der Waals surface area contributed by atoms with Crippen LogP contribution in [0.4, 0.5) is 0 Å². The Balaban J connectivity index is 3.64. The number of hydrogen-bond acceptors (Lipinski definition) is 4. The summed E-state index contributed by atoms with van der Waals surface area (Å²) in [4.78, 5) is 11.3. The van der Waals surface area contributed by atoms with Gasteiger partial charge in [-0.3, -0.25) is 4.79 Å². The molecule has 7 heteroatoms. The summed E-state index contributed by atoms with van der Waals surface area (Å²) in [6.07, 6.45) is 1.71. The van der Waals surface area contributed by atoms with Gasteiger partial charge in [0.05, 0.1) is 6.26 Å². The highest BCUT2D eigenvalue weighted by Crippen LogP contribution is 1.98.